The lowest BCUT2D eigenvalue weighted by molar-refractivity contribution is 0.373. The van der Waals surface area contributed by atoms with Gasteiger partial charge < -0.3 is 5.73 Å². The molecule has 16 heavy (non-hydrogen) atoms. The van der Waals surface area contributed by atoms with Gasteiger partial charge in [-0.3, -0.25) is 0 Å². The second kappa shape index (κ2) is 4.05. The first-order valence-corrected chi connectivity index (χ1v) is 7.50. The lowest BCUT2D eigenvalue weighted by atomic mass is 9.92. The van der Waals surface area contributed by atoms with Crippen LogP contribution in [0.3, 0.4) is 0 Å². The van der Waals surface area contributed by atoms with Gasteiger partial charge in [0.15, 0.2) is 0 Å². The summed E-state index contributed by atoms with van der Waals surface area (Å²) >= 11 is 3.24. The minimum absolute atomic E-state index is 0.114. The van der Waals surface area contributed by atoms with Crippen LogP contribution < -0.4 is 5.73 Å². The molecule has 0 saturated carbocycles. The second-order valence-corrected chi connectivity index (χ2v) is 7.25. The molecule has 88 valence electrons. The van der Waals surface area contributed by atoms with Gasteiger partial charge in [0.25, 0.3) is 0 Å². The van der Waals surface area contributed by atoms with Crippen LogP contribution in [0.5, 0.6) is 0 Å². The number of sulfone groups is 1. The van der Waals surface area contributed by atoms with Crippen molar-refractivity contribution in [2.24, 2.45) is 5.73 Å². The molecule has 0 amide bonds. The van der Waals surface area contributed by atoms with Crippen molar-refractivity contribution in [3.63, 3.8) is 0 Å². The van der Waals surface area contributed by atoms with Gasteiger partial charge in [-0.05, 0) is 28.8 Å². The Balaban J connectivity index is 2.24. The summed E-state index contributed by atoms with van der Waals surface area (Å²) in [4.78, 5) is 8.29. The van der Waals surface area contributed by atoms with Gasteiger partial charge >= 0.3 is 0 Å². The van der Waals surface area contributed by atoms with Crippen molar-refractivity contribution in [1.29, 1.82) is 0 Å². The van der Waals surface area contributed by atoms with Gasteiger partial charge in [0, 0.05) is 12.4 Å². The van der Waals surface area contributed by atoms with E-state index in [9.17, 15) is 8.42 Å². The maximum atomic E-state index is 11.3. The van der Waals surface area contributed by atoms with E-state index in [4.69, 9.17) is 5.73 Å². The van der Waals surface area contributed by atoms with E-state index in [1.54, 1.807) is 12.4 Å². The Morgan fingerprint density at radius 2 is 1.75 bits per heavy atom. The zero-order valence-electron chi connectivity index (χ0n) is 8.56. The first kappa shape index (κ1) is 11.9. The largest absolute Gasteiger partial charge is 0.319 e. The molecule has 1 aromatic rings. The summed E-state index contributed by atoms with van der Waals surface area (Å²) in [5.41, 5.74) is 5.44. The minimum Gasteiger partial charge on any atom is -0.319 e. The molecule has 5 nitrogen and oxygen atoms in total. The highest BCUT2D eigenvalue weighted by atomic mass is 79.9. The van der Waals surface area contributed by atoms with Crippen LogP contribution in [0, 0.1) is 0 Å². The molecule has 2 N–H and O–H groups in total. The molecule has 1 aliphatic heterocycles. The quantitative estimate of drug-likeness (QED) is 0.821. The molecule has 0 aromatic carbocycles. The van der Waals surface area contributed by atoms with Crippen LogP contribution in [-0.2, 0) is 15.4 Å². The van der Waals surface area contributed by atoms with E-state index in [2.05, 4.69) is 25.9 Å². The normalized spacial score (nSPS) is 22.9. The molecule has 1 fully saturated rings. The summed E-state index contributed by atoms with van der Waals surface area (Å²) in [5, 5.41) is 0. The van der Waals surface area contributed by atoms with Gasteiger partial charge in [-0.15, -0.1) is 0 Å². The Hall–Kier alpha value is -0.530. The average Bonchev–Trinajstić information content (AvgIpc) is 2.24. The van der Waals surface area contributed by atoms with Crippen molar-refractivity contribution in [3.8, 4) is 0 Å². The monoisotopic (exact) mass is 305 g/mol. The van der Waals surface area contributed by atoms with Gasteiger partial charge in [-0.25, -0.2) is 18.4 Å². The molecule has 0 spiro atoms. The summed E-state index contributed by atoms with van der Waals surface area (Å²) in [6.07, 6.45) is 4.02. The fourth-order valence-corrected chi connectivity index (χ4v) is 3.45. The summed E-state index contributed by atoms with van der Waals surface area (Å²) in [5.74, 6) is 0.747. The highest BCUT2D eigenvalue weighted by Crippen LogP contribution is 2.29. The predicted octanol–water partition coefficient (Wildman–Crippen LogP) is 0.602. The molecule has 1 aromatic heterocycles. The van der Waals surface area contributed by atoms with E-state index < -0.39 is 15.4 Å². The van der Waals surface area contributed by atoms with E-state index in [-0.39, 0.29) is 11.5 Å². The van der Waals surface area contributed by atoms with E-state index in [1.165, 1.54) is 0 Å². The standard InChI is InChI=1S/C9H12BrN3O2S/c10-7-5-12-8(13-6-7)9(11)1-3-16(14,15)4-2-9/h5-6H,1-4,11H2. The lowest BCUT2D eigenvalue weighted by Gasteiger charge is -2.31. The van der Waals surface area contributed by atoms with Crippen LogP contribution in [0.2, 0.25) is 0 Å². The number of halogens is 1. The van der Waals surface area contributed by atoms with Crippen molar-refractivity contribution in [2.45, 2.75) is 18.4 Å². The van der Waals surface area contributed by atoms with Crippen LogP contribution in [0.25, 0.3) is 0 Å². The van der Waals surface area contributed by atoms with Crippen molar-refractivity contribution < 1.29 is 8.42 Å². The summed E-state index contributed by atoms with van der Waals surface area (Å²) < 4.78 is 23.4. The third-order valence-electron chi connectivity index (χ3n) is 2.78. The Morgan fingerprint density at radius 3 is 2.25 bits per heavy atom. The molecular formula is C9H12BrN3O2S. The molecular weight excluding hydrogens is 294 g/mol. The van der Waals surface area contributed by atoms with Crippen LogP contribution in [0.15, 0.2) is 16.9 Å². The maximum Gasteiger partial charge on any atom is 0.150 e. The third-order valence-corrected chi connectivity index (χ3v) is 4.85. The fraction of sp³-hybridized carbons (Fsp3) is 0.556. The topological polar surface area (TPSA) is 85.9 Å². The molecule has 0 aliphatic carbocycles. The Morgan fingerprint density at radius 1 is 1.25 bits per heavy atom. The second-order valence-electron chi connectivity index (χ2n) is 4.03. The van der Waals surface area contributed by atoms with Crippen molar-refractivity contribution >= 4 is 25.8 Å². The average molecular weight is 306 g/mol. The highest BCUT2D eigenvalue weighted by Gasteiger charge is 2.37. The SMILES string of the molecule is NC1(c2ncc(Br)cn2)CCS(=O)(=O)CC1. The van der Waals surface area contributed by atoms with E-state index in [0.717, 1.165) is 4.47 Å². The van der Waals surface area contributed by atoms with E-state index >= 15 is 0 Å². The van der Waals surface area contributed by atoms with Gasteiger partial charge in [0.2, 0.25) is 0 Å². The van der Waals surface area contributed by atoms with Crippen LogP contribution in [0.4, 0.5) is 0 Å². The molecule has 7 heteroatoms. The molecule has 0 bridgehead atoms. The lowest BCUT2D eigenvalue weighted by Crippen LogP contribution is -2.45. The van der Waals surface area contributed by atoms with Gasteiger partial charge in [0.05, 0.1) is 21.5 Å². The first-order valence-electron chi connectivity index (χ1n) is 4.89. The maximum absolute atomic E-state index is 11.3. The smallest absolute Gasteiger partial charge is 0.150 e. The van der Waals surface area contributed by atoms with Gasteiger partial charge in [0.1, 0.15) is 15.7 Å². The predicted molar refractivity (Wildman–Crippen MR) is 63.5 cm³/mol. The Kier molecular flexibility index (Phi) is 3.02. The molecule has 1 saturated heterocycles. The van der Waals surface area contributed by atoms with Crippen molar-refractivity contribution in [3.05, 3.63) is 22.7 Å². The Bertz CT molecular complexity index is 472. The van der Waals surface area contributed by atoms with Gasteiger partial charge in [-0.1, -0.05) is 0 Å². The molecule has 0 radical (unpaired) electrons. The third kappa shape index (κ3) is 2.41. The first-order chi connectivity index (χ1) is 7.41. The fourth-order valence-electron chi connectivity index (χ4n) is 1.70. The summed E-state index contributed by atoms with van der Waals surface area (Å²) in [6, 6.07) is 0. The highest BCUT2D eigenvalue weighted by molar-refractivity contribution is 9.10. The Labute approximate surface area is 103 Å². The van der Waals surface area contributed by atoms with E-state index in [0.29, 0.717) is 18.7 Å². The zero-order valence-corrected chi connectivity index (χ0v) is 11.0. The zero-order chi connectivity index (χ0) is 11.8. The minimum atomic E-state index is -2.91. The number of hydrogen-bond acceptors (Lipinski definition) is 5. The van der Waals surface area contributed by atoms with Crippen LogP contribution in [-0.4, -0.2) is 29.9 Å². The molecule has 1 aliphatic rings. The van der Waals surface area contributed by atoms with Gasteiger partial charge in [-0.2, -0.15) is 0 Å². The van der Waals surface area contributed by atoms with E-state index in [1.807, 2.05) is 0 Å². The molecule has 0 atom stereocenters. The number of rotatable bonds is 1. The number of aromatic nitrogens is 2. The van der Waals surface area contributed by atoms with Crippen LogP contribution >= 0.6 is 15.9 Å². The van der Waals surface area contributed by atoms with Crippen molar-refractivity contribution in [2.75, 3.05) is 11.5 Å². The molecule has 2 rings (SSSR count). The summed E-state index contributed by atoms with van der Waals surface area (Å²) in [6.45, 7) is 0. The van der Waals surface area contributed by atoms with Crippen molar-refractivity contribution in [1.82, 2.24) is 9.97 Å². The number of nitrogens with zero attached hydrogens (tertiary/aromatic N) is 2. The number of nitrogens with two attached hydrogens (primary N) is 1. The molecule has 0 unspecified atom stereocenters. The molecule has 2 heterocycles. The number of hydrogen-bond donors (Lipinski definition) is 1. The van der Waals surface area contributed by atoms with Crippen LogP contribution in [0.1, 0.15) is 18.7 Å². The summed E-state index contributed by atoms with van der Waals surface area (Å²) in [7, 11) is -2.91.